The largest absolute Gasteiger partial charge is 1.00 e. The topological polar surface area (TPSA) is 52.6 Å². The monoisotopic (exact) mass is 199 g/mol. The molecule has 0 aliphatic carbocycles. The van der Waals surface area contributed by atoms with Crippen LogP contribution in [0.15, 0.2) is 0 Å². The number of rotatable bonds is 4. The second-order valence-corrected chi connectivity index (χ2v) is 1.79. The molecule has 0 aromatic carbocycles. The van der Waals surface area contributed by atoms with E-state index >= 15 is 0 Å². The van der Waals surface area contributed by atoms with Crippen LogP contribution in [0.2, 0.25) is 0 Å². The second kappa shape index (κ2) is 9.66. The average molecular weight is 199 g/mol. The zero-order valence-electron chi connectivity index (χ0n) is 7.75. The van der Waals surface area contributed by atoms with Crippen LogP contribution in [-0.4, -0.2) is 25.2 Å². The van der Waals surface area contributed by atoms with E-state index in [0.717, 1.165) is 0 Å². The first kappa shape index (κ1) is 15.1. The fraction of sp³-hybridized carbons (Fsp3) is 0.714. The molecule has 0 unspecified atom stereocenters. The predicted molar refractivity (Wildman–Crippen MR) is 37.9 cm³/mol. The fourth-order valence-electron chi connectivity index (χ4n) is 0.542. The summed E-state index contributed by atoms with van der Waals surface area (Å²) in [5, 5.41) is 0. The molecule has 0 aliphatic heterocycles. The Morgan fingerprint density at radius 1 is 1.00 bits per heavy atom. The maximum atomic E-state index is 10.6. The van der Waals surface area contributed by atoms with Crippen molar-refractivity contribution in [3.05, 3.63) is 0 Å². The Balaban J connectivity index is 0. The van der Waals surface area contributed by atoms with Gasteiger partial charge >= 0.3 is 63.3 Å². The van der Waals surface area contributed by atoms with Gasteiger partial charge in [-0.3, -0.25) is 9.59 Å². The molecule has 0 spiro atoms. The fourth-order valence-corrected chi connectivity index (χ4v) is 0.542. The molecule has 0 heterocycles. The normalized spacial score (nSPS) is 8.17. The minimum Gasteiger partial charge on any atom is -0.466 e. The van der Waals surface area contributed by atoms with Crippen LogP contribution < -0.4 is 51.4 Å². The van der Waals surface area contributed by atoms with Gasteiger partial charge in [-0.05, 0) is 13.8 Å². The maximum Gasteiger partial charge on any atom is 1.00 e. The Hall–Kier alpha value is 0.576. The molecule has 64 valence electrons. The quantitative estimate of drug-likeness (QED) is 0.285. The van der Waals surface area contributed by atoms with Crippen molar-refractivity contribution < 1.29 is 70.4 Å². The summed E-state index contributed by atoms with van der Waals surface area (Å²) < 4.78 is 9.04. The van der Waals surface area contributed by atoms with Gasteiger partial charge in [0, 0.05) is 0 Å². The summed E-state index contributed by atoms with van der Waals surface area (Å²) in [6.45, 7) is 3.95. The Bertz CT molecular complexity index is 130. The summed E-state index contributed by atoms with van der Waals surface area (Å²) in [6.07, 6.45) is -0.290. The van der Waals surface area contributed by atoms with E-state index in [1.54, 1.807) is 13.8 Å². The Labute approximate surface area is 114 Å². The van der Waals surface area contributed by atoms with Crippen LogP contribution in [0.1, 0.15) is 20.3 Å². The Morgan fingerprint density at radius 2 is 1.33 bits per heavy atom. The van der Waals surface area contributed by atoms with E-state index in [0.29, 0.717) is 0 Å². The number of ether oxygens (including phenoxy) is 2. The molecule has 0 N–H and O–H groups in total. The third-order valence-electron chi connectivity index (χ3n) is 0.899. The van der Waals surface area contributed by atoms with E-state index in [9.17, 15) is 9.59 Å². The van der Waals surface area contributed by atoms with Crippen molar-refractivity contribution in [2.24, 2.45) is 0 Å². The van der Waals surface area contributed by atoms with Gasteiger partial charge in [-0.2, -0.15) is 0 Å². The second-order valence-electron chi connectivity index (χ2n) is 1.79. The average Bonchev–Trinajstić information content (AvgIpc) is 1.87. The van der Waals surface area contributed by atoms with E-state index in [1.165, 1.54) is 0 Å². The van der Waals surface area contributed by atoms with E-state index < -0.39 is 11.9 Å². The molecule has 4 nitrogen and oxygen atoms in total. The minimum atomic E-state index is -0.536. The summed E-state index contributed by atoms with van der Waals surface area (Å²) >= 11 is 0. The van der Waals surface area contributed by atoms with Crippen LogP contribution in [0.4, 0.5) is 0 Å². The first-order chi connectivity index (χ1) is 5.20. The first-order valence-electron chi connectivity index (χ1n) is 3.52. The predicted octanol–water partition coefficient (Wildman–Crippen LogP) is -2.49. The third-order valence-corrected chi connectivity index (χ3v) is 0.899. The van der Waals surface area contributed by atoms with Gasteiger partial charge in [-0.15, -0.1) is 0 Å². The van der Waals surface area contributed by atoms with Gasteiger partial charge in [0.25, 0.3) is 0 Å². The van der Waals surface area contributed by atoms with Crippen molar-refractivity contribution in [1.29, 1.82) is 0 Å². The van der Waals surface area contributed by atoms with Crippen molar-refractivity contribution in [3.63, 3.8) is 0 Å². The molecule has 0 rings (SSSR count). The number of esters is 2. The van der Waals surface area contributed by atoms with Gasteiger partial charge in [-0.1, -0.05) is 0 Å². The Morgan fingerprint density at radius 3 is 1.58 bits per heavy atom. The van der Waals surface area contributed by atoms with E-state index in [1.807, 2.05) is 0 Å². The molecule has 0 atom stereocenters. The number of hydrogen-bond donors (Lipinski definition) is 0. The summed E-state index contributed by atoms with van der Waals surface area (Å²) in [5.74, 6) is -1.07. The smallest absolute Gasteiger partial charge is 0.466 e. The SMILES string of the molecule is CCOC(=O)CC(=O)OCC.[K+]. The zero-order chi connectivity index (χ0) is 8.69. The number of carbonyl (C=O) groups excluding carboxylic acids is 2. The van der Waals surface area contributed by atoms with E-state index in [4.69, 9.17) is 0 Å². The van der Waals surface area contributed by atoms with Gasteiger partial charge in [0.05, 0.1) is 13.2 Å². The standard InChI is InChI=1S/C7H12O4.K/c1-3-10-6(8)5-7(9)11-4-2;/h3-5H2,1-2H3;/q;+1. The molecule has 0 aromatic heterocycles. The van der Waals surface area contributed by atoms with Gasteiger partial charge in [0.1, 0.15) is 6.42 Å². The van der Waals surface area contributed by atoms with Crippen LogP contribution in [0.25, 0.3) is 0 Å². The van der Waals surface area contributed by atoms with E-state index in [2.05, 4.69) is 9.47 Å². The molecule has 12 heavy (non-hydrogen) atoms. The molecule has 0 aromatic rings. The van der Waals surface area contributed by atoms with Crippen LogP contribution in [0.3, 0.4) is 0 Å². The van der Waals surface area contributed by atoms with Gasteiger partial charge in [0.2, 0.25) is 0 Å². The molecule has 5 heteroatoms. The summed E-state index contributed by atoms with van der Waals surface area (Å²) in [4.78, 5) is 21.2. The van der Waals surface area contributed by atoms with E-state index in [-0.39, 0.29) is 71.0 Å². The molecule has 0 aliphatic rings. The van der Waals surface area contributed by atoms with Crippen LogP contribution >= 0.6 is 0 Å². The Kier molecular flexibility index (Phi) is 12.1. The van der Waals surface area contributed by atoms with Gasteiger partial charge < -0.3 is 9.47 Å². The molecule has 0 saturated heterocycles. The number of hydrogen-bond acceptors (Lipinski definition) is 4. The van der Waals surface area contributed by atoms with Crippen molar-refractivity contribution in [3.8, 4) is 0 Å². The number of carbonyl (C=O) groups is 2. The third kappa shape index (κ3) is 8.67. The van der Waals surface area contributed by atoms with Gasteiger partial charge in [0.15, 0.2) is 0 Å². The van der Waals surface area contributed by atoms with Crippen molar-refractivity contribution in [2.75, 3.05) is 13.2 Å². The molecule has 0 radical (unpaired) electrons. The summed E-state index contributed by atoms with van der Waals surface area (Å²) in [6, 6.07) is 0. The molecule has 0 bridgehead atoms. The first-order valence-corrected chi connectivity index (χ1v) is 3.52. The van der Waals surface area contributed by atoms with Crippen molar-refractivity contribution >= 4 is 11.9 Å². The summed E-state index contributed by atoms with van der Waals surface area (Å²) in [5.41, 5.74) is 0. The van der Waals surface area contributed by atoms with Crippen molar-refractivity contribution in [1.82, 2.24) is 0 Å². The molecule has 0 saturated carbocycles. The van der Waals surface area contributed by atoms with Crippen LogP contribution in [0, 0.1) is 0 Å². The molecular formula is C7H12KO4+. The summed E-state index contributed by atoms with van der Waals surface area (Å²) in [7, 11) is 0. The minimum absolute atomic E-state index is 0. The molecule has 0 amide bonds. The van der Waals surface area contributed by atoms with Crippen LogP contribution in [0.5, 0.6) is 0 Å². The zero-order valence-corrected chi connectivity index (χ0v) is 10.9. The van der Waals surface area contributed by atoms with Crippen molar-refractivity contribution in [2.45, 2.75) is 20.3 Å². The molecule has 0 fully saturated rings. The molecular weight excluding hydrogens is 187 g/mol. The van der Waals surface area contributed by atoms with Crippen LogP contribution in [-0.2, 0) is 19.1 Å². The maximum absolute atomic E-state index is 10.6. The van der Waals surface area contributed by atoms with Gasteiger partial charge in [-0.25, -0.2) is 0 Å².